The molecule has 1 unspecified atom stereocenters. The van der Waals surface area contributed by atoms with Gasteiger partial charge in [-0.2, -0.15) is 0 Å². The van der Waals surface area contributed by atoms with E-state index < -0.39 is 0 Å². The Labute approximate surface area is 92.7 Å². The fourth-order valence-electron chi connectivity index (χ4n) is 2.46. The molecule has 2 rings (SSSR count). The number of anilines is 1. The van der Waals surface area contributed by atoms with Gasteiger partial charge in [0, 0.05) is 11.6 Å². The van der Waals surface area contributed by atoms with Gasteiger partial charge in [-0.3, -0.25) is 0 Å². The van der Waals surface area contributed by atoms with Crippen LogP contribution in [-0.4, -0.2) is 0 Å². The van der Waals surface area contributed by atoms with Crippen LogP contribution < -0.4 is 5.73 Å². The quantitative estimate of drug-likeness (QED) is 0.690. The van der Waals surface area contributed by atoms with Crippen LogP contribution in [0.25, 0.3) is 0 Å². The molecule has 0 bridgehead atoms. The van der Waals surface area contributed by atoms with Gasteiger partial charge in [-0.25, -0.2) is 0 Å². The molecule has 1 fully saturated rings. The van der Waals surface area contributed by atoms with Crippen LogP contribution in [0.4, 0.5) is 5.69 Å². The van der Waals surface area contributed by atoms with Gasteiger partial charge in [0.25, 0.3) is 0 Å². The highest BCUT2D eigenvalue weighted by molar-refractivity contribution is 5.51. The van der Waals surface area contributed by atoms with Gasteiger partial charge in [0.15, 0.2) is 0 Å². The lowest BCUT2D eigenvalue weighted by molar-refractivity contribution is 0.435. The molecule has 0 aliphatic heterocycles. The largest absolute Gasteiger partial charge is 0.399 e. The van der Waals surface area contributed by atoms with E-state index in [1.165, 1.54) is 36.8 Å². The van der Waals surface area contributed by atoms with Gasteiger partial charge >= 0.3 is 0 Å². The lowest BCUT2D eigenvalue weighted by Crippen LogP contribution is -2.15. The Kier molecular flexibility index (Phi) is 2.99. The molecule has 1 aromatic carbocycles. The number of hydrogen-bond donors (Lipinski definition) is 1. The third kappa shape index (κ3) is 2.17. The highest BCUT2D eigenvalue weighted by atomic mass is 14.6. The summed E-state index contributed by atoms with van der Waals surface area (Å²) in [7, 11) is 0. The Morgan fingerprint density at radius 2 is 2.07 bits per heavy atom. The highest BCUT2D eigenvalue weighted by Gasteiger charge is 2.23. The maximum atomic E-state index is 5.96. The summed E-state index contributed by atoms with van der Waals surface area (Å²) in [4.78, 5) is 0. The second-order valence-electron chi connectivity index (χ2n) is 4.74. The van der Waals surface area contributed by atoms with Crippen molar-refractivity contribution in [1.82, 2.24) is 0 Å². The molecule has 0 aromatic heterocycles. The molecule has 15 heavy (non-hydrogen) atoms. The minimum Gasteiger partial charge on any atom is -0.399 e. The first-order chi connectivity index (χ1) is 7.18. The normalized spacial score (nSPS) is 22.9. The lowest BCUT2D eigenvalue weighted by Gasteiger charge is -2.28. The number of benzene rings is 1. The van der Waals surface area contributed by atoms with Crippen molar-refractivity contribution in [3.63, 3.8) is 0 Å². The minimum absolute atomic E-state index is 0.737. The molecular formula is C14H20N. The Morgan fingerprint density at radius 3 is 2.73 bits per heavy atom. The number of aryl methyl sites for hydroxylation is 1. The molecule has 1 radical (unpaired) electrons. The molecule has 1 atom stereocenters. The zero-order valence-electron chi connectivity index (χ0n) is 9.72. The van der Waals surface area contributed by atoms with Gasteiger partial charge in [0.05, 0.1) is 0 Å². The summed E-state index contributed by atoms with van der Waals surface area (Å²) in [5.41, 5.74) is 9.44. The summed E-state index contributed by atoms with van der Waals surface area (Å²) < 4.78 is 0. The van der Waals surface area contributed by atoms with Crippen LogP contribution in [0.5, 0.6) is 0 Å². The zero-order chi connectivity index (χ0) is 10.8. The zero-order valence-corrected chi connectivity index (χ0v) is 9.72. The van der Waals surface area contributed by atoms with Crippen LogP contribution in [0.1, 0.15) is 43.7 Å². The number of nitrogen functional groups attached to an aromatic ring is 1. The standard InChI is InChI=1S/C14H20N/c1-10-5-3-4-6-13(10)12-8-7-11(2)14(15)9-12/h7-10H,3-6,15H2,1-2H3. The van der Waals surface area contributed by atoms with Crippen LogP contribution >= 0.6 is 0 Å². The van der Waals surface area contributed by atoms with Crippen LogP contribution in [0.15, 0.2) is 18.2 Å². The molecule has 1 nitrogen and oxygen atoms in total. The first-order valence-corrected chi connectivity index (χ1v) is 5.90. The van der Waals surface area contributed by atoms with E-state index in [1.54, 1.807) is 5.92 Å². The van der Waals surface area contributed by atoms with Crippen molar-refractivity contribution in [2.45, 2.75) is 39.5 Å². The van der Waals surface area contributed by atoms with E-state index in [4.69, 9.17) is 5.73 Å². The van der Waals surface area contributed by atoms with E-state index in [9.17, 15) is 0 Å². The second kappa shape index (κ2) is 4.26. The van der Waals surface area contributed by atoms with Crippen molar-refractivity contribution in [1.29, 1.82) is 0 Å². The van der Waals surface area contributed by atoms with Gasteiger partial charge in [0.1, 0.15) is 0 Å². The Balaban J connectivity index is 2.24. The van der Waals surface area contributed by atoms with Gasteiger partial charge in [0.2, 0.25) is 0 Å². The average Bonchev–Trinajstić information content (AvgIpc) is 2.23. The van der Waals surface area contributed by atoms with Crippen molar-refractivity contribution < 1.29 is 0 Å². The first kappa shape index (κ1) is 10.5. The molecule has 1 aromatic rings. The molecule has 0 heterocycles. The molecule has 1 heteroatoms. The fourth-order valence-corrected chi connectivity index (χ4v) is 2.46. The number of rotatable bonds is 1. The minimum atomic E-state index is 0.737. The molecule has 1 aliphatic rings. The topological polar surface area (TPSA) is 26.0 Å². The molecule has 1 saturated carbocycles. The van der Waals surface area contributed by atoms with E-state index in [2.05, 4.69) is 32.0 Å². The predicted octanol–water partition coefficient (Wildman–Crippen LogP) is 3.71. The van der Waals surface area contributed by atoms with Crippen LogP contribution in [-0.2, 0) is 0 Å². The maximum absolute atomic E-state index is 5.96. The van der Waals surface area contributed by atoms with Crippen molar-refractivity contribution >= 4 is 5.69 Å². The molecule has 0 amide bonds. The SMILES string of the molecule is Cc1ccc([C]2CCCCC2C)cc1N. The summed E-state index contributed by atoms with van der Waals surface area (Å²) >= 11 is 0. The summed E-state index contributed by atoms with van der Waals surface area (Å²) in [6.45, 7) is 4.40. The Hall–Kier alpha value is -0.980. The van der Waals surface area contributed by atoms with E-state index in [-0.39, 0.29) is 0 Å². The van der Waals surface area contributed by atoms with E-state index in [0.717, 1.165) is 11.6 Å². The van der Waals surface area contributed by atoms with Crippen LogP contribution in [0.3, 0.4) is 0 Å². The molecule has 2 N–H and O–H groups in total. The molecule has 81 valence electrons. The lowest BCUT2D eigenvalue weighted by atomic mass is 9.76. The fraction of sp³-hybridized carbons (Fsp3) is 0.500. The van der Waals surface area contributed by atoms with E-state index in [1.807, 2.05) is 0 Å². The summed E-state index contributed by atoms with van der Waals surface area (Å²) in [5.74, 6) is 2.34. The van der Waals surface area contributed by atoms with Crippen molar-refractivity contribution in [3.8, 4) is 0 Å². The van der Waals surface area contributed by atoms with Gasteiger partial charge < -0.3 is 5.73 Å². The third-order valence-corrected chi connectivity index (χ3v) is 3.58. The summed E-state index contributed by atoms with van der Waals surface area (Å²) in [6.07, 6.45) is 5.31. The monoisotopic (exact) mass is 202 g/mol. The van der Waals surface area contributed by atoms with Gasteiger partial charge in [-0.05, 0) is 42.9 Å². The van der Waals surface area contributed by atoms with Crippen LogP contribution in [0.2, 0.25) is 0 Å². The predicted molar refractivity (Wildman–Crippen MR) is 65.6 cm³/mol. The number of nitrogens with two attached hydrogens (primary N) is 1. The van der Waals surface area contributed by atoms with Crippen molar-refractivity contribution in [2.75, 3.05) is 5.73 Å². The number of hydrogen-bond acceptors (Lipinski definition) is 1. The Morgan fingerprint density at radius 1 is 1.27 bits per heavy atom. The van der Waals surface area contributed by atoms with Gasteiger partial charge in [-0.15, -0.1) is 0 Å². The average molecular weight is 202 g/mol. The second-order valence-corrected chi connectivity index (χ2v) is 4.74. The van der Waals surface area contributed by atoms with Crippen molar-refractivity contribution in [2.24, 2.45) is 5.92 Å². The van der Waals surface area contributed by atoms with Crippen molar-refractivity contribution in [3.05, 3.63) is 35.2 Å². The maximum Gasteiger partial charge on any atom is 0.0346 e. The van der Waals surface area contributed by atoms with E-state index in [0.29, 0.717) is 0 Å². The molecular weight excluding hydrogens is 182 g/mol. The van der Waals surface area contributed by atoms with E-state index >= 15 is 0 Å². The van der Waals surface area contributed by atoms with Crippen LogP contribution in [0, 0.1) is 18.8 Å². The Bertz CT molecular complexity index is 343. The molecule has 0 spiro atoms. The third-order valence-electron chi connectivity index (χ3n) is 3.58. The smallest absolute Gasteiger partial charge is 0.0346 e. The molecule has 1 aliphatic carbocycles. The summed E-state index contributed by atoms with van der Waals surface area (Å²) in [6, 6.07) is 6.51. The van der Waals surface area contributed by atoms with Gasteiger partial charge in [-0.1, -0.05) is 31.9 Å². The molecule has 0 saturated heterocycles. The highest BCUT2D eigenvalue weighted by Crippen LogP contribution is 2.37. The summed E-state index contributed by atoms with van der Waals surface area (Å²) in [5, 5.41) is 0. The first-order valence-electron chi connectivity index (χ1n) is 5.90.